The molecule has 0 bridgehead atoms. The molecule has 1 atom stereocenters. The molecule has 0 aromatic heterocycles. The van der Waals surface area contributed by atoms with Crippen LogP contribution in [0.5, 0.6) is 0 Å². The van der Waals surface area contributed by atoms with Gasteiger partial charge in [-0.3, -0.25) is 0 Å². The molecule has 0 aromatic carbocycles. The van der Waals surface area contributed by atoms with Gasteiger partial charge in [0.25, 0.3) is 0 Å². The quantitative estimate of drug-likeness (QED) is 0.249. The fourth-order valence-electron chi connectivity index (χ4n) is 1.30. The molecule has 0 fully saturated rings. The Kier molecular flexibility index (Phi) is 9.40. The Morgan fingerprint density at radius 2 is 1.65 bits per heavy atom. The maximum Gasteiger partial charge on any atom is 0.516 e. The lowest BCUT2D eigenvalue weighted by Gasteiger charge is -2.16. The fourth-order valence-corrected chi connectivity index (χ4v) is 1.69. The van der Waals surface area contributed by atoms with Crippen LogP contribution in [-0.4, -0.2) is 51.3 Å². The number of alkyl halides is 3. The average Bonchev–Trinajstić information content (AvgIpc) is 2.54. The van der Waals surface area contributed by atoms with Crippen molar-refractivity contribution in [2.75, 3.05) is 13.2 Å². The van der Waals surface area contributed by atoms with Crippen LogP contribution >= 0.6 is 0 Å². The van der Waals surface area contributed by atoms with Crippen molar-refractivity contribution in [2.45, 2.75) is 24.5 Å². The highest BCUT2D eigenvalue weighted by atomic mass is 32.2. The van der Waals surface area contributed by atoms with E-state index < -0.39 is 46.3 Å². The Morgan fingerprint density at radius 1 is 1.08 bits per heavy atom. The zero-order valence-electron chi connectivity index (χ0n) is 13.3. The zero-order valence-corrected chi connectivity index (χ0v) is 14.1. The summed E-state index contributed by atoms with van der Waals surface area (Å²) < 4.78 is 72.0. The molecule has 0 saturated carbocycles. The van der Waals surface area contributed by atoms with E-state index >= 15 is 0 Å². The first kappa shape index (κ1) is 23.4. The molecule has 1 unspecified atom stereocenters. The number of ether oxygens (including phenoxy) is 3. The summed E-state index contributed by atoms with van der Waals surface area (Å²) in [6.45, 7) is 5.50. The highest BCUT2D eigenvalue weighted by molar-refractivity contribution is 7.90. The first-order chi connectivity index (χ1) is 11.9. The van der Waals surface area contributed by atoms with Gasteiger partial charge in [0, 0.05) is 12.2 Å². The van der Waals surface area contributed by atoms with Crippen LogP contribution < -0.4 is 4.72 Å². The topological polar surface area (TPSA) is 125 Å². The SMILES string of the molecule is C=CC(=O)OCC(CCCOC(=O)NS(=O)(=O)C(F)(F)F)OC(=O)C=C. The molecule has 0 radical (unpaired) electrons. The lowest BCUT2D eigenvalue weighted by atomic mass is 10.2. The van der Waals surface area contributed by atoms with Crippen molar-refractivity contribution in [3.63, 3.8) is 0 Å². The Morgan fingerprint density at radius 3 is 2.15 bits per heavy atom. The van der Waals surface area contributed by atoms with Gasteiger partial charge in [-0.05, 0) is 12.8 Å². The van der Waals surface area contributed by atoms with Crippen molar-refractivity contribution in [1.82, 2.24) is 4.72 Å². The smallest absolute Gasteiger partial charge is 0.459 e. The van der Waals surface area contributed by atoms with Gasteiger partial charge in [-0.15, -0.1) is 0 Å². The second-order valence-electron chi connectivity index (χ2n) is 4.43. The standard InChI is InChI=1S/C13H16F3NO8S/c1-3-10(18)24-8-9(25-11(19)4-2)6-5-7-23-12(20)17-26(21,22)13(14,15)16/h3-4,9H,1-2,5-8H2,(H,17,20). The first-order valence-corrected chi connectivity index (χ1v) is 8.29. The highest BCUT2D eigenvalue weighted by Gasteiger charge is 2.47. The third-order valence-electron chi connectivity index (χ3n) is 2.45. The summed E-state index contributed by atoms with van der Waals surface area (Å²) in [6, 6.07) is 0. The van der Waals surface area contributed by atoms with Gasteiger partial charge in [-0.2, -0.15) is 21.6 Å². The van der Waals surface area contributed by atoms with Gasteiger partial charge in [0.15, 0.2) is 0 Å². The highest BCUT2D eigenvalue weighted by Crippen LogP contribution is 2.21. The second kappa shape index (κ2) is 10.4. The molecule has 0 aromatic rings. The van der Waals surface area contributed by atoms with E-state index in [1.54, 1.807) is 0 Å². The summed E-state index contributed by atoms with van der Waals surface area (Å²) >= 11 is 0. The summed E-state index contributed by atoms with van der Waals surface area (Å²) in [7, 11) is -5.86. The summed E-state index contributed by atoms with van der Waals surface area (Å²) in [5, 5.41) is 0. The summed E-state index contributed by atoms with van der Waals surface area (Å²) in [5.74, 6) is -1.60. The molecule has 0 aliphatic rings. The van der Waals surface area contributed by atoms with Crippen molar-refractivity contribution >= 4 is 28.1 Å². The molecule has 0 spiro atoms. The van der Waals surface area contributed by atoms with E-state index in [-0.39, 0.29) is 19.4 Å². The van der Waals surface area contributed by atoms with E-state index in [4.69, 9.17) is 4.74 Å². The van der Waals surface area contributed by atoms with Crippen molar-refractivity contribution < 1.29 is 50.2 Å². The molecule has 0 heterocycles. The Bertz CT molecular complexity index is 644. The van der Waals surface area contributed by atoms with Crippen LogP contribution in [0.2, 0.25) is 0 Å². The molecule has 26 heavy (non-hydrogen) atoms. The minimum atomic E-state index is -5.86. The van der Waals surface area contributed by atoms with Crippen molar-refractivity contribution in [3.8, 4) is 0 Å². The van der Waals surface area contributed by atoms with Crippen LogP contribution in [-0.2, 0) is 33.8 Å². The maximum absolute atomic E-state index is 12.1. The average molecular weight is 403 g/mol. The van der Waals surface area contributed by atoms with E-state index in [0.29, 0.717) is 4.72 Å². The van der Waals surface area contributed by atoms with E-state index in [1.807, 2.05) is 0 Å². The summed E-state index contributed by atoms with van der Waals surface area (Å²) in [4.78, 5) is 33.2. The minimum Gasteiger partial charge on any atom is -0.459 e. The van der Waals surface area contributed by atoms with Gasteiger partial charge in [-0.1, -0.05) is 13.2 Å². The van der Waals surface area contributed by atoms with Crippen molar-refractivity contribution in [1.29, 1.82) is 0 Å². The van der Waals surface area contributed by atoms with Crippen LogP contribution in [0.3, 0.4) is 0 Å². The number of nitrogens with one attached hydrogen (secondary N) is 1. The molecule has 0 aliphatic carbocycles. The maximum atomic E-state index is 12.1. The van der Waals surface area contributed by atoms with E-state index in [9.17, 15) is 36.0 Å². The van der Waals surface area contributed by atoms with E-state index in [0.717, 1.165) is 12.2 Å². The molecule has 0 rings (SSSR count). The molecule has 148 valence electrons. The molecule has 1 amide bonds. The fraction of sp³-hybridized carbons (Fsp3) is 0.462. The predicted molar refractivity (Wildman–Crippen MR) is 79.9 cm³/mol. The predicted octanol–water partition coefficient (Wildman–Crippen LogP) is 1.17. The number of sulfonamides is 1. The minimum absolute atomic E-state index is 0.0106. The van der Waals surface area contributed by atoms with Gasteiger partial charge in [0.05, 0.1) is 6.61 Å². The van der Waals surface area contributed by atoms with Gasteiger partial charge in [-0.25, -0.2) is 19.1 Å². The summed E-state index contributed by atoms with van der Waals surface area (Å²) in [5.41, 5.74) is -5.66. The number of carbonyl (C=O) groups is 3. The molecule has 0 aliphatic heterocycles. The van der Waals surface area contributed by atoms with Crippen molar-refractivity contribution in [2.24, 2.45) is 0 Å². The Balaban J connectivity index is 4.41. The largest absolute Gasteiger partial charge is 0.516 e. The number of halogens is 3. The number of carbonyl (C=O) groups excluding carboxylic acids is 3. The van der Waals surface area contributed by atoms with Crippen LogP contribution in [0, 0.1) is 0 Å². The second-order valence-corrected chi connectivity index (χ2v) is 6.10. The third-order valence-corrected chi connectivity index (χ3v) is 3.50. The number of esters is 2. The van der Waals surface area contributed by atoms with Gasteiger partial charge in [0.1, 0.15) is 12.7 Å². The number of amides is 1. The molecule has 1 N–H and O–H groups in total. The molecule has 9 nitrogen and oxygen atoms in total. The normalized spacial score (nSPS) is 12.4. The monoisotopic (exact) mass is 403 g/mol. The van der Waals surface area contributed by atoms with Gasteiger partial charge in [0.2, 0.25) is 0 Å². The number of hydrogen-bond donors (Lipinski definition) is 1. The van der Waals surface area contributed by atoms with Crippen molar-refractivity contribution in [3.05, 3.63) is 25.3 Å². The summed E-state index contributed by atoms with van der Waals surface area (Å²) in [6.07, 6.45) is -1.09. The Hall–Kier alpha value is -2.57. The van der Waals surface area contributed by atoms with Crippen LogP contribution in [0.25, 0.3) is 0 Å². The van der Waals surface area contributed by atoms with Gasteiger partial charge >= 0.3 is 33.6 Å². The lowest BCUT2D eigenvalue weighted by Crippen LogP contribution is -2.40. The number of hydrogen-bond acceptors (Lipinski definition) is 8. The van der Waals surface area contributed by atoms with Crippen LogP contribution in [0.1, 0.15) is 12.8 Å². The van der Waals surface area contributed by atoms with Crippen LogP contribution in [0.15, 0.2) is 25.3 Å². The lowest BCUT2D eigenvalue weighted by molar-refractivity contribution is -0.153. The zero-order chi connectivity index (χ0) is 20.4. The molecular weight excluding hydrogens is 387 g/mol. The Labute approximate surface area is 146 Å². The van der Waals surface area contributed by atoms with E-state index in [2.05, 4.69) is 22.6 Å². The van der Waals surface area contributed by atoms with Gasteiger partial charge < -0.3 is 14.2 Å². The first-order valence-electron chi connectivity index (χ1n) is 6.81. The molecule has 0 saturated heterocycles. The van der Waals surface area contributed by atoms with E-state index in [1.165, 1.54) is 0 Å². The number of rotatable bonds is 10. The van der Waals surface area contributed by atoms with Crippen LogP contribution in [0.4, 0.5) is 18.0 Å². The third kappa shape index (κ3) is 9.05. The molecule has 13 heteroatoms. The molecular formula is C13H16F3NO8S.